The number of carbonyl (C=O) groups excluding carboxylic acids is 1. The second kappa shape index (κ2) is 8.91. The van der Waals surface area contributed by atoms with Gasteiger partial charge in [0.2, 0.25) is 0 Å². The normalized spacial score (nSPS) is 18.6. The molecule has 1 aliphatic carbocycles. The maximum atomic E-state index is 15.0. The van der Waals surface area contributed by atoms with Gasteiger partial charge in [0.1, 0.15) is 18.2 Å². The van der Waals surface area contributed by atoms with E-state index in [0.29, 0.717) is 56.0 Å². The molecule has 0 bridgehead atoms. The van der Waals surface area contributed by atoms with Crippen molar-refractivity contribution in [2.75, 3.05) is 54.6 Å². The van der Waals surface area contributed by atoms with Crippen molar-refractivity contribution in [3.05, 3.63) is 36.3 Å². The van der Waals surface area contributed by atoms with Gasteiger partial charge < -0.3 is 23.8 Å². The predicted octanol–water partition coefficient (Wildman–Crippen LogP) is 3.28. The Morgan fingerprint density at radius 1 is 1.33 bits per heavy atom. The van der Waals surface area contributed by atoms with Crippen molar-refractivity contribution in [1.82, 2.24) is 5.16 Å². The Labute approximate surface area is 175 Å². The number of ether oxygens (including phenoxy) is 2. The Kier molecular flexibility index (Phi) is 6.08. The number of aromatic nitrogens is 1. The number of hydrogen-bond donors (Lipinski definition) is 0. The minimum Gasteiger partial charge on any atom is -0.442 e. The molecule has 1 amide bonds. The van der Waals surface area contributed by atoms with E-state index in [1.165, 1.54) is 17.2 Å². The maximum absolute atomic E-state index is 15.0. The number of rotatable bonds is 10. The molecule has 8 nitrogen and oxygen atoms in total. The number of hydrogen-bond acceptors (Lipinski definition) is 7. The van der Waals surface area contributed by atoms with Crippen molar-refractivity contribution in [1.29, 1.82) is 0 Å². The van der Waals surface area contributed by atoms with Crippen molar-refractivity contribution in [2.24, 2.45) is 0 Å². The van der Waals surface area contributed by atoms with Crippen LogP contribution in [0.1, 0.15) is 19.8 Å². The fourth-order valence-corrected chi connectivity index (χ4v) is 3.80. The van der Waals surface area contributed by atoms with Crippen LogP contribution in [0.25, 0.3) is 0 Å². The third-order valence-electron chi connectivity index (χ3n) is 5.50. The second-order valence-electron chi connectivity index (χ2n) is 7.57. The van der Waals surface area contributed by atoms with Crippen LogP contribution in [0.15, 0.2) is 35.1 Å². The Morgan fingerprint density at radius 2 is 2.17 bits per heavy atom. The molecule has 1 aromatic carbocycles. The predicted molar refractivity (Wildman–Crippen MR) is 111 cm³/mol. The zero-order valence-electron chi connectivity index (χ0n) is 17.3. The first-order valence-electron chi connectivity index (χ1n) is 10.3. The second-order valence-corrected chi connectivity index (χ2v) is 7.57. The summed E-state index contributed by atoms with van der Waals surface area (Å²) in [4.78, 5) is 17.9. The number of carbonyl (C=O) groups is 1. The Bertz CT molecular complexity index is 859. The van der Waals surface area contributed by atoms with Gasteiger partial charge in [-0.15, -0.1) is 0 Å². The van der Waals surface area contributed by atoms with Gasteiger partial charge in [0, 0.05) is 32.3 Å². The zero-order valence-corrected chi connectivity index (χ0v) is 17.3. The van der Waals surface area contributed by atoms with Crippen molar-refractivity contribution in [2.45, 2.75) is 31.9 Å². The van der Waals surface area contributed by atoms with E-state index in [-0.39, 0.29) is 11.9 Å². The monoisotopic (exact) mass is 418 g/mol. The SMILES string of the molecule is CCN(CC1CN(c2ccc(N(CCOC)C3CC3)c(F)c2)C(=O)O1)c1ccon1. The van der Waals surface area contributed by atoms with Crippen LogP contribution in [0.4, 0.5) is 26.4 Å². The fraction of sp³-hybridized carbons (Fsp3) is 0.524. The van der Waals surface area contributed by atoms with Gasteiger partial charge in [0.25, 0.3) is 0 Å². The molecule has 9 heteroatoms. The third-order valence-corrected chi connectivity index (χ3v) is 5.50. The standard InChI is InChI=1S/C21H27FN4O4/c1-3-24(20-8-10-29-23-20)13-17-14-26(21(27)30-17)16-6-7-19(18(22)12-16)25(9-11-28-2)15-4-5-15/h6-8,10,12,15,17H,3-5,9,11,13-14H2,1-2H3. The molecule has 2 aromatic rings. The summed E-state index contributed by atoms with van der Waals surface area (Å²) >= 11 is 0. The lowest BCUT2D eigenvalue weighted by molar-refractivity contribution is 0.143. The van der Waals surface area contributed by atoms with Crippen LogP contribution in [0.3, 0.4) is 0 Å². The number of likely N-dealkylation sites (N-methyl/N-ethyl adjacent to an activating group) is 1. The highest BCUT2D eigenvalue weighted by molar-refractivity contribution is 5.90. The number of nitrogens with zero attached hydrogens (tertiary/aromatic N) is 4. The number of amides is 1. The average molecular weight is 418 g/mol. The lowest BCUT2D eigenvalue weighted by atomic mass is 10.2. The molecule has 1 aromatic heterocycles. The van der Waals surface area contributed by atoms with Crippen LogP contribution in [0.2, 0.25) is 0 Å². The Morgan fingerprint density at radius 3 is 2.80 bits per heavy atom. The molecule has 0 N–H and O–H groups in total. The molecule has 30 heavy (non-hydrogen) atoms. The van der Waals surface area contributed by atoms with Crippen molar-refractivity contribution < 1.29 is 23.2 Å². The van der Waals surface area contributed by atoms with Crippen molar-refractivity contribution in [3.8, 4) is 0 Å². The van der Waals surface area contributed by atoms with E-state index in [2.05, 4.69) is 5.16 Å². The molecular weight excluding hydrogens is 391 g/mol. The number of cyclic esters (lactones) is 1. The van der Waals surface area contributed by atoms with E-state index in [4.69, 9.17) is 14.0 Å². The van der Waals surface area contributed by atoms with Gasteiger partial charge in [-0.25, -0.2) is 9.18 Å². The summed E-state index contributed by atoms with van der Waals surface area (Å²) in [6, 6.07) is 7.06. The lowest BCUT2D eigenvalue weighted by Gasteiger charge is -2.25. The van der Waals surface area contributed by atoms with Gasteiger partial charge in [-0.2, -0.15) is 0 Å². The summed E-state index contributed by atoms with van der Waals surface area (Å²) in [6.07, 6.45) is 2.81. The molecule has 1 saturated carbocycles. The highest BCUT2D eigenvalue weighted by Crippen LogP contribution is 2.35. The van der Waals surface area contributed by atoms with Crippen LogP contribution < -0.4 is 14.7 Å². The quantitative estimate of drug-likeness (QED) is 0.586. The number of anilines is 3. The first kappa shape index (κ1) is 20.5. The van der Waals surface area contributed by atoms with Gasteiger partial charge in [-0.05, 0) is 38.0 Å². The van der Waals surface area contributed by atoms with Crippen LogP contribution in [-0.2, 0) is 9.47 Å². The van der Waals surface area contributed by atoms with E-state index in [0.717, 1.165) is 12.8 Å². The number of benzene rings is 1. The molecule has 0 spiro atoms. The minimum atomic E-state index is -0.471. The molecule has 1 atom stereocenters. The Hall–Kier alpha value is -2.81. The molecule has 1 saturated heterocycles. The van der Waals surface area contributed by atoms with Gasteiger partial charge in [0.15, 0.2) is 5.82 Å². The van der Waals surface area contributed by atoms with E-state index in [1.54, 1.807) is 25.3 Å². The smallest absolute Gasteiger partial charge is 0.414 e. The van der Waals surface area contributed by atoms with E-state index >= 15 is 0 Å². The van der Waals surface area contributed by atoms with Gasteiger partial charge in [-0.1, -0.05) is 5.16 Å². The van der Waals surface area contributed by atoms with Crippen LogP contribution >= 0.6 is 0 Å². The molecule has 162 valence electrons. The van der Waals surface area contributed by atoms with E-state index < -0.39 is 6.09 Å². The number of methoxy groups -OCH3 is 1. The van der Waals surface area contributed by atoms with Gasteiger partial charge in [-0.3, -0.25) is 4.90 Å². The molecular formula is C21H27FN4O4. The number of halogens is 1. The lowest BCUT2D eigenvalue weighted by Crippen LogP contribution is -2.35. The fourth-order valence-electron chi connectivity index (χ4n) is 3.80. The minimum absolute atomic E-state index is 0.343. The summed E-state index contributed by atoms with van der Waals surface area (Å²) in [5.41, 5.74) is 1.04. The largest absolute Gasteiger partial charge is 0.442 e. The molecule has 4 rings (SSSR count). The zero-order chi connectivity index (χ0) is 21.1. The van der Waals surface area contributed by atoms with E-state index in [1.807, 2.05) is 16.7 Å². The summed E-state index contributed by atoms with van der Waals surface area (Å²) in [7, 11) is 1.64. The van der Waals surface area contributed by atoms with Crippen LogP contribution in [0.5, 0.6) is 0 Å². The highest BCUT2D eigenvalue weighted by Gasteiger charge is 2.35. The van der Waals surface area contributed by atoms with E-state index in [9.17, 15) is 9.18 Å². The molecule has 0 radical (unpaired) electrons. The third kappa shape index (κ3) is 4.35. The van der Waals surface area contributed by atoms with Crippen molar-refractivity contribution in [3.63, 3.8) is 0 Å². The Balaban J connectivity index is 1.45. The first-order chi connectivity index (χ1) is 14.6. The molecule has 1 aliphatic heterocycles. The first-order valence-corrected chi connectivity index (χ1v) is 10.3. The molecule has 2 heterocycles. The average Bonchev–Trinajstić information content (AvgIpc) is 3.29. The molecule has 2 fully saturated rings. The summed E-state index contributed by atoms with van der Waals surface area (Å²) in [5.74, 6) is 0.350. The van der Waals surface area contributed by atoms with Crippen molar-refractivity contribution >= 4 is 23.3 Å². The highest BCUT2D eigenvalue weighted by atomic mass is 19.1. The molecule has 2 aliphatic rings. The van der Waals surface area contributed by atoms with Gasteiger partial charge in [0.05, 0.1) is 31.1 Å². The molecule has 1 unspecified atom stereocenters. The summed E-state index contributed by atoms with van der Waals surface area (Å²) < 4.78 is 30.5. The topological polar surface area (TPSA) is 71.3 Å². The van der Waals surface area contributed by atoms with Crippen LogP contribution in [-0.4, -0.2) is 63.3 Å². The maximum Gasteiger partial charge on any atom is 0.414 e. The van der Waals surface area contributed by atoms with Crippen LogP contribution in [0, 0.1) is 5.82 Å². The summed E-state index contributed by atoms with van der Waals surface area (Å²) in [6.45, 7) is 4.70. The van der Waals surface area contributed by atoms with Gasteiger partial charge >= 0.3 is 6.09 Å². The summed E-state index contributed by atoms with van der Waals surface area (Å²) in [5, 5.41) is 3.94.